The molecule has 2 bridgehead atoms. The highest BCUT2D eigenvalue weighted by Crippen LogP contribution is 2.66. The molecular formula is C27H34N2O5S. The van der Waals surface area contributed by atoms with Crippen LogP contribution in [0.15, 0.2) is 43.5 Å². The summed E-state index contributed by atoms with van der Waals surface area (Å²) in [6, 6.07) is 5.17. The van der Waals surface area contributed by atoms with E-state index in [0.717, 1.165) is 23.2 Å². The molecule has 1 aromatic rings. The molecule has 2 unspecified atom stereocenters. The number of hydrogen-bond donors (Lipinski definition) is 1. The summed E-state index contributed by atoms with van der Waals surface area (Å²) in [5, 5.41) is 9.47. The average Bonchev–Trinajstić information content (AvgIpc) is 3.47. The van der Waals surface area contributed by atoms with Gasteiger partial charge in [-0.1, -0.05) is 36.9 Å². The molecule has 0 radical (unpaired) electrons. The summed E-state index contributed by atoms with van der Waals surface area (Å²) in [6.45, 7) is 12.0. The molecule has 2 amide bonds. The van der Waals surface area contributed by atoms with Crippen molar-refractivity contribution in [2.45, 2.75) is 49.1 Å². The molecule has 0 aromatic heterocycles. The Hall–Kier alpha value is -2.58. The van der Waals surface area contributed by atoms with Gasteiger partial charge < -0.3 is 19.6 Å². The van der Waals surface area contributed by atoms with E-state index in [2.05, 4.69) is 13.2 Å². The quantitative estimate of drug-likeness (QED) is 0.394. The number of amides is 2. The number of likely N-dealkylation sites (tertiary alicyclic amines) is 1. The van der Waals surface area contributed by atoms with Crippen LogP contribution in [0.4, 0.5) is 5.69 Å². The molecule has 7 nitrogen and oxygen atoms in total. The van der Waals surface area contributed by atoms with Crippen molar-refractivity contribution in [2.75, 3.05) is 31.2 Å². The van der Waals surface area contributed by atoms with Crippen LogP contribution in [-0.4, -0.2) is 70.1 Å². The second kappa shape index (κ2) is 10.2. The Labute approximate surface area is 211 Å². The maximum atomic E-state index is 14.4. The van der Waals surface area contributed by atoms with Crippen LogP contribution in [0.1, 0.15) is 30.4 Å². The van der Waals surface area contributed by atoms with Gasteiger partial charge in [-0.3, -0.25) is 14.4 Å². The molecule has 3 aliphatic rings. The van der Waals surface area contributed by atoms with Crippen molar-refractivity contribution < 1.29 is 24.2 Å². The van der Waals surface area contributed by atoms with Crippen molar-refractivity contribution >= 4 is 35.2 Å². The highest BCUT2D eigenvalue weighted by atomic mass is 32.2. The molecular weight excluding hydrogens is 464 g/mol. The fraction of sp³-hybridized carbons (Fsp3) is 0.519. The van der Waals surface area contributed by atoms with E-state index >= 15 is 0 Å². The SMILES string of the molecule is C=CCOC(=O)[C@@H]1[C@H]2C(=O)N(CCCO)C(C(=O)N(CC=C)c3c(C)cccc3C)C23CC[C@H]1S3. The number of anilines is 1. The van der Waals surface area contributed by atoms with E-state index in [4.69, 9.17) is 4.74 Å². The van der Waals surface area contributed by atoms with Gasteiger partial charge in [-0.15, -0.1) is 18.3 Å². The number of nitrogens with zero attached hydrogens (tertiary/aromatic N) is 2. The van der Waals surface area contributed by atoms with Crippen LogP contribution in [-0.2, 0) is 19.1 Å². The van der Waals surface area contributed by atoms with Crippen molar-refractivity contribution in [3.63, 3.8) is 0 Å². The van der Waals surface area contributed by atoms with E-state index in [1.54, 1.807) is 27.6 Å². The van der Waals surface area contributed by atoms with E-state index in [1.165, 1.54) is 6.08 Å². The number of thioether (sulfide) groups is 1. The van der Waals surface area contributed by atoms with Crippen LogP contribution in [0, 0.1) is 25.7 Å². The van der Waals surface area contributed by atoms with E-state index in [-0.39, 0.29) is 36.8 Å². The molecule has 35 heavy (non-hydrogen) atoms. The molecule has 1 spiro atoms. The van der Waals surface area contributed by atoms with Gasteiger partial charge in [-0.25, -0.2) is 0 Å². The Kier molecular flexibility index (Phi) is 7.43. The number of carbonyl (C=O) groups is 3. The van der Waals surface area contributed by atoms with Crippen LogP contribution in [0.3, 0.4) is 0 Å². The summed E-state index contributed by atoms with van der Waals surface area (Å²) in [7, 11) is 0. The fourth-order valence-corrected chi connectivity index (χ4v) is 8.42. The number of carbonyl (C=O) groups excluding carboxylic acids is 3. The third-order valence-electron chi connectivity index (χ3n) is 7.49. The molecule has 0 aliphatic carbocycles. The van der Waals surface area contributed by atoms with Gasteiger partial charge in [0.1, 0.15) is 12.6 Å². The van der Waals surface area contributed by atoms with Crippen LogP contribution in [0.5, 0.6) is 0 Å². The Morgan fingerprint density at radius 1 is 1.29 bits per heavy atom. The Morgan fingerprint density at radius 3 is 2.63 bits per heavy atom. The van der Waals surface area contributed by atoms with E-state index in [0.29, 0.717) is 19.4 Å². The normalized spacial score (nSPS) is 28.7. The number of ether oxygens (including phenoxy) is 1. The summed E-state index contributed by atoms with van der Waals surface area (Å²) < 4.78 is 4.70. The van der Waals surface area contributed by atoms with Gasteiger partial charge in [0.05, 0.1) is 16.6 Å². The minimum absolute atomic E-state index is 0.0513. The van der Waals surface area contributed by atoms with E-state index < -0.39 is 28.6 Å². The first kappa shape index (κ1) is 25.5. The van der Waals surface area contributed by atoms with Crippen LogP contribution in [0.25, 0.3) is 0 Å². The molecule has 4 rings (SSSR count). The first-order valence-corrected chi connectivity index (χ1v) is 13.1. The predicted octanol–water partition coefficient (Wildman–Crippen LogP) is 3.03. The smallest absolute Gasteiger partial charge is 0.311 e. The van der Waals surface area contributed by atoms with Crippen LogP contribution >= 0.6 is 11.8 Å². The summed E-state index contributed by atoms with van der Waals surface area (Å²) in [5.41, 5.74) is 2.76. The minimum Gasteiger partial charge on any atom is -0.461 e. The van der Waals surface area contributed by atoms with Crippen molar-refractivity contribution in [3.8, 4) is 0 Å². The van der Waals surface area contributed by atoms with Gasteiger partial charge in [0.15, 0.2) is 0 Å². The third kappa shape index (κ3) is 4.10. The molecule has 1 N–H and O–H groups in total. The Bertz CT molecular complexity index is 1020. The molecule has 3 aliphatic heterocycles. The van der Waals surface area contributed by atoms with Crippen molar-refractivity contribution in [2.24, 2.45) is 11.8 Å². The lowest BCUT2D eigenvalue weighted by atomic mass is 9.71. The largest absolute Gasteiger partial charge is 0.461 e. The topological polar surface area (TPSA) is 87.1 Å². The fourth-order valence-electron chi connectivity index (χ4n) is 6.22. The highest BCUT2D eigenvalue weighted by molar-refractivity contribution is 8.02. The first-order valence-electron chi connectivity index (χ1n) is 12.2. The van der Waals surface area contributed by atoms with Crippen molar-refractivity contribution in [1.29, 1.82) is 0 Å². The standard InChI is InChI=1S/C27H34N2O5S/c1-5-13-28(22-17(3)9-7-10-18(22)4)25(32)23-27-12-11-19(35-27)20(26(33)34-16-6-2)21(27)24(31)29(23)14-8-15-30/h5-7,9-10,19-21,23,30H,1-2,8,11-16H2,3-4H3/t19-,20+,21+,23?,27?/m1/s1. The Morgan fingerprint density at radius 2 is 2.00 bits per heavy atom. The van der Waals surface area contributed by atoms with Gasteiger partial charge >= 0.3 is 5.97 Å². The van der Waals surface area contributed by atoms with Crippen LogP contribution in [0.2, 0.25) is 0 Å². The van der Waals surface area contributed by atoms with Crippen molar-refractivity contribution in [3.05, 3.63) is 54.6 Å². The van der Waals surface area contributed by atoms with Crippen LogP contribution < -0.4 is 4.90 Å². The number of para-hydroxylation sites is 1. The number of aliphatic hydroxyl groups is 1. The van der Waals surface area contributed by atoms with Gasteiger partial charge in [0.2, 0.25) is 5.91 Å². The summed E-state index contributed by atoms with van der Waals surface area (Å²) >= 11 is 1.61. The summed E-state index contributed by atoms with van der Waals surface area (Å²) in [4.78, 5) is 44.6. The van der Waals surface area contributed by atoms with Gasteiger partial charge in [0.25, 0.3) is 5.91 Å². The van der Waals surface area contributed by atoms with Gasteiger partial charge in [-0.05, 0) is 44.2 Å². The number of rotatable bonds is 10. The highest BCUT2D eigenvalue weighted by Gasteiger charge is 2.74. The number of aryl methyl sites for hydroxylation is 2. The van der Waals surface area contributed by atoms with Gasteiger partial charge in [0, 0.05) is 30.6 Å². The first-order chi connectivity index (χ1) is 16.8. The maximum Gasteiger partial charge on any atom is 0.311 e. The molecule has 0 saturated carbocycles. The molecule has 8 heteroatoms. The number of benzene rings is 1. The maximum absolute atomic E-state index is 14.4. The lowest BCUT2D eigenvalue weighted by molar-refractivity contribution is -0.153. The number of hydrogen-bond acceptors (Lipinski definition) is 6. The van der Waals surface area contributed by atoms with Gasteiger partial charge in [-0.2, -0.15) is 0 Å². The van der Waals surface area contributed by atoms with Crippen molar-refractivity contribution in [1.82, 2.24) is 4.90 Å². The zero-order chi connectivity index (χ0) is 25.3. The second-order valence-corrected chi connectivity index (χ2v) is 11.2. The predicted molar refractivity (Wildman–Crippen MR) is 137 cm³/mol. The second-order valence-electron chi connectivity index (χ2n) is 9.56. The van der Waals surface area contributed by atoms with E-state index in [1.807, 2.05) is 32.0 Å². The third-order valence-corrected chi connectivity index (χ3v) is 9.45. The monoisotopic (exact) mass is 498 g/mol. The number of fused-ring (bicyclic) bond motifs is 1. The molecule has 3 fully saturated rings. The number of aliphatic hydroxyl groups excluding tert-OH is 1. The average molecular weight is 499 g/mol. The minimum atomic E-state index is -0.724. The Balaban J connectivity index is 1.78. The molecule has 5 atom stereocenters. The molecule has 3 saturated heterocycles. The molecule has 1 aromatic carbocycles. The molecule has 188 valence electrons. The number of esters is 1. The zero-order valence-electron chi connectivity index (χ0n) is 20.4. The summed E-state index contributed by atoms with van der Waals surface area (Å²) in [6.07, 6.45) is 5.02. The molecule has 3 heterocycles. The zero-order valence-corrected chi connectivity index (χ0v) is 21.3. The van der Waals surface area contributed by atoms with E-state index in [9.17, 15) is 19.5 Å². The lowest BCUT2D eigenvalue weighted by Crippen LogP contribution is -2.55. The summed E-state index contributed by atoms with van der Waals surface area (Å²) in [5.74, 6) is -1.94. The lowest BCUT2D eigenvalue weighted by Gasteiger charge is -2.38.